The van der Waals surface area contributed by atoms with Crippen LogP contribution in [-0.2, 0) is 0 Å². The van der Waals surface area contributed by atoms with E-state index >= 15 is 0 Å². The maximum absolute atomic E-state index is 12.7. The Balaban J connectivity index is 1.61. The maximum Gasteiger partial charge on any atom is 0.339 e. The van der Waals surface area contributed by atoms with Gasteiger partial charge in [-0.1, -0.05) is 6.07 Å². The van der Waals surface area contributed by atoms with E-state index in [-0.39, 0.29) is 5.56 Å². The van der Waals surface area contributed by atoms with Gasteiger partial charge in [0.2, 0.25) is 0 Å². The number of hydrogen-bond acceptors (Lipinski definition) is 6. The summed E-state index contributed by atoms with van der Waals surface area (Å²) in [6.45, 7) is 4.29. The highest BCUT2D eigenvalue weighted by molar-refractivity contribution is 5.79. The van der Waals surface area contributed by atoms with Gasteiger partial charge in [-0.25, -0.2) is 14.5 Å². The van der Waals surface area contributed by atoms with Crippen molar-refractivity contribution >= 4 is 28.8 Å². The van der Waals surface area contributed by atoms with E-state index in [4.69, 9.17) is 4.42 Å². The Labute approximate surface area is 153 Å². The summed E-state index contributed by atoms with van der Waals surface area (Å²) in [5.41, 5.74) is 3.20. The quantitative estimate of drug-likeness (QED) is 0.545. The van der Waals surface area contributed by atoms with E-state index in [1.54, 1.807) is 19.3 Å². The molecule has 0 aliphatic carbocycles. The van der Waals surface area contributed by atoms with Crippen molar-refractivity contribution in [2.45, 2.75) is 6.92 Å². The molecule has 0 saturated heterocycles. The van der Waals surface area contributed by atoms with Gasteiger partial charge in [0, 0.05) is 25.1 Å². The molecule has 1 aliphatic rings. The maximum atomic E-state index is 12.7. The number of benzene rings is 1. The van der Waals surface area contributed by atoms with E-state index in [1.165, 1.54) is 10.5 Å². The molecule has 1 aliphatic heterocycles. The Kier molecular flexibility index (Phi) is 3.58. The summed E-state index contributed by atoms with van der Waals surface area (Å²) in [5.74, 6) is 1.34. The van der Waals surface area contributed by atoms with Gasteiger partial charge in [0.25, 0.3) is 5.56 Å². The van der Waals surface area contributed by atoms with Gasteiger partial charge in [0.1, 0.15) is 18.3 Å². The third-order valence-electron chi connectivity index (χ3n) is 4.61. The lowest BCUT2D eigenvalue weighted by Gasteiger charge is -2.10. The number of oxazole rings is 1. The van der Waals surface area contributed by atoms with Crippen molar-refractivity contribution in [2.75, 3.05) is 19.6 Å². The van der Waals surface area contributed by atoms with Crippen molar-refractivity contribution < 1.29 is 8.99 Å². The summed E-state index contributed by atoms with van der Waals surface area (Å²) in [6.07, 6.45) is 5.39. The minimum atomic E-state index is -0.150. The Morgan fingerprint density at radius 1 is 1.26 bits per heavy atom. The van der Waals surface area contributed by atoms with Crippen LogP contribution >= 0.6 is 0 Å². The van der Waals surface area contributed by atoms with E-state index in [1.807, 2.05) is 29.0 Å². The summed E-state index contributed by atoms with van der Waals surface area (Å²) in [4.78, 5) is 26.1. The van der Waals surface area contributed by atoms with Gasteiger partial charge >= 0.3 is 5.82 Å². The predicted octanol–water partition coefficient (Wildman–Crippen LogP) is 1.52. The normalized spacial score (nSPS) is 14.6. The van der Waals surface area contributed by atoms with Crippen LogP contribution in [0.25, 0.3) is 28.0 Å². The first-order valence-electron chi connectivity index (χ1n) is 8.75. The number of aromatic nitrogens is 4. The van der Waals surface area contributed by atoms with Crippen molar-refractivity contribution in [1.29, 1.82) is 0 Å². The van der Waals surface area contributed by atoms with E-state index in [0.717, 1.165) is 36.5 Å². The van der Waals surface area contributed by atoms with Crippen LogP contribution in [0.5, 0.6) is 0 Å². The number of fused-ring (bicyclic) bond motifs is 2. The Morgan fingerprint density at radius 2 is 2.19 bits per heavy atom. The SMILES string of the molecule is Cc1nc2ccc(-c3cc(=O)n4cc([N+]5=CCNCC5)ncc4n3)cc2o1. The van der Waals surface area contributed by atoms with Gasteiger partial charge in [-0.15, -0.1) is 0 Å². The fourth-order valence-corrected chi connectivity index (χ4v) is 3.27. The molecule has 0 atom stereocenters. The van der Waals surface area contributed by atoms with Crippen LogP contribution in [0, 0.1) is 6.92 Å². The Bertz CT molecular complexity index is 1270. The fraction of sp³-hybridized carbons (Fsp3) is 0.211. The molecule has 8 heteroatoms. The smallest absolute Gasteiger partial charge is 0.339 e. The standard InChI is InChI=1S/C19H17N6O2/c1-12-22-14-3-2-13(8-16(14)27-12)15-9-19(26)25-11-18(21-10-17(25)23-15)24-6-4-20-5-7-24/h2-3,6,8-11,20H,4-5,7H2,1H3/q+1. The van der Waals surface area contributed by atoms with Gasteiger partial charge in [-0.05, 0) is 17.1 Å². The lowest BCUT2D eigenvalue weighted by molar-refractivity contribution is -0.442. The highest BCUT2D eigenvalue weighted by Gasteiger charge is 2.16. The van der Waals surface area contributed by atoms with E-state index in [0.29, 0.717) is 22.8 Å². The molecule has 0 spiro atoms. The van der Waals surface area contributed by atoms with Crippen LogP contribution in [0.4, 0.5) is 5.82 Å². The van der Waals surface area contributed by atoms with Crippen LogP contribution in [-0.4, -0.2) is 49.8 Å². The molecular weight excluding hydrogens is 344 g/mol. The zero-order chi connectivity index (χ0) is 18.4. The van der Waals surface area contributed by atoms with Gasteiger partial charge in [0.05, 0.1) is 18.5 Å². The molecule has 134 valence electrons. The van der Waals surface area contributed by atoms with Crippen LogP contribution in [0.2, 0.25) is 0 Å². The van der Waals surface area contributed by atoms with Crippen LogP contribution in [0.3, 0.4) is 0 Å². The monoisotopic (exact) mass is 361 g/mol. The van der Waals surface area contributed by atoms with Crippen molar-refractivity contribution in [3.63, 3.8) is 0 Å². The first-order chi connectivity index (χ1) is 13.2. The molecule has 3 aromatic heterocycles. The summed E-state index contributed by atoms with van der Waals surface area (Å²) >= 11 is 0. The minimum absolute atomic E-state index is 0.150. The minimum Gasteiger partial charge on any atom is -0.441 e. The lowest BCUT2D eigenvalue weighted by Crippen LogP contribution is -2.33. The van der Waals surface area contributed by atoms with Crippen LogP contribution < -0.4 is 10.9 Å². The van der Waals surface area contributed by atoms with Crippen molar-refractivity contribution in [2.24, 2.45) is 0 Å². The molecule has 5 rings (SSSR count). The average Bonchev–Trinajstić information content (AvgIpc) is 3.07. The molecule has 27 heavy (non-hydrogen) atoms. The molecule has 0 saturated carbocycles. The third kappa shape index (κ3) is 2.80. The molecule has 0 amide bonds. The number of hydrogen-bond donors (Lipinski definition) is 1. The van der Waals surface area contributed by atoms with Crippen LogP contribution in [0.1, 0.15) is 5.89 Å². The molecule has 1 aromatic carbocycles. The number of aryl methyl sites for hydroxylation is 1. The van der Waals surface area contributed by atoms with Gasteiger partial charge in [0.15, 0.2) is 23.3 Å². The molecule has 0 fully saturated rings. The van der Waals surface area contributed by atoms with Gasteiger partial charge in [-0.2, -0.15) is 0 Å². The summed E-state index contributed by atoms with van der Waals surface area (Å²) in [5, 5.41) is 3.25. The first kappa shape index (κ1) is 15.8. The zero-order valence-electron chi connectivity index (χ0n) is 14.7. The van der Waals surface area contributed by atoms with Gasteiger partial charge < -0.3 is 9.73 Å². The predicted molar refractivity (Wildman–Crippen MR) is 101 cm³/mol. The molecule has 4 aromatic rings. The molecule has 0 bridgehead atoms. The molecule has 4 heterocycles. The largest absolute Gasteiger partial charge is 0.441 e. The molecule has 0 radical (unpaired) electrons. The van der Waals surface area contributed by atoms with E-state index in [9.17, 15) is 4.79 Å². The second-order valence-corrected chi connectivity index (χ2v) is 6.45. The topological polar surface area (TPSA) is 88.3 Å². The summed E-state index contributed by atoms with van der Waals surface area (Å²) < 4.78 is 9.15. The molecular formula is C19H17N6O2+. The Morgan fingerprint density at radius 3 is 3.04 bits per heavy atom. The Hall–Kier alpha value is -3.39. The second-order valence-electron chi connectivity index (χ2n) is 6.45. The zero-order valence-corrected chi connectivity index (χ0v) is 14.7. The second kappa shape index (κ2) is 6.10. The highest BCUT2D eigenvalue weighted by atomic mass is 16.3. The number of rotatable bonds is 2. The summed E-state index contributed by atoms with van der Waals surface area (Å²) in [7, 11) is 0. The third-order valence-corrected chi connectivity index (χ3v) is 4.61. The van der Waals surface area contributed by atoms with Crippen molar-refractivity contribution in [3.05, 3.63) is 52.9 Å². The van der Waals surface area contributed by atoms with Crippen LogP contribution in [0.15, 0.2) is 45.9 Å². The number of nitrogens with one attached hydrogen (secondary N) is 1. The van der Waals surface area contributed by atoms with Crippen molar-refractivity contribution in [3.8, 4) is 11.3 Å². The molecule has 1 N–H and O–H groups in total. The average molecular weight is 361 g/mol. The van der Waals surface area contributed by atoms with E-state index < -0.39 is 0 Å². The molecule has 8 nitrogen and oxygen atoms in total. The first-order valence-corrected chi connectivity index (χ1v) is 8.75. The van der Waals surface area contributed by atoms with Gasteiger partial charge in [-0.3, -0.25) is 9.20 Å². The fourth-order valence-electron chi connectivity index (χ4n) is 3.27. The lowest BCUT2D eigenvalue weighted by atomic mass is 10.1. The summed E-state index contributed by atoms with van der Waals surface area (Å²) in [6, 6.07) is 7.14. The van der Waals surface area contributed by atoms with E-state index in [2.05, 4.69) is 20.3 Å². The molecule has 0 unspecified atom stereocenters. The highest BCUT2D eigenvalue weighted by Crippen LogP contribution is 2.23. The van der Waals surface area contributed by atoms with Crippen molar-refractivity contribution in [1.82, 2.24) is 24.7 Å². The number of nitrogens with zero attached hydrogens (tertiary/aromatic N) is 5.